The number of aliphatic carboxylic acids is 1. The van der Waals surface area contributed by atoms with E-state index in [9.17, 15) is 9.90 Å². The van der Waals surface area contributed by atoms with Crippen LogP contribution in [0.4, 0.5) is 0 Å². The predicted octanol–water partition coefficient (Wildman–Crippen LogP) is 7.67. The predicted molar refractivity (Wildman–Crippen MR) is 138 cm³/mol. The van der Waals surface area contributed by atoms with Crippen LogP contribution in [-0.2, 0) is 24.1 Å². The minimum atomic E-state index is -0.771. The van der Waals surface area contributed by atoms with Crippen LogP contribution < -0.4 is 0 Å². The molecule has 2 heterocycles. The van der Waals surface area contributed by atoms with E-state index in [0.717, 1.165) is 39.2 Å². The summed E-state index contributed by atoms with van der Waals surface area (Å²) in [5.74, 6) is -0.755. The summed E-state index contributed by atoms with van der Waals surface area (Å²) in [7, 11) is 0. The fourth-order valence-corrected chi connectivity index (χ4v) is 5.63. The molecule has 7 heteroatoms. The molecule has 33 heavy (non-hydrogen) atoms. The summed E-state index contributed by atoms with van der Waals surface area (Å²) < 4.78 is 0. The molecule has 2 N–H and O–H groups in total. The number of rotatable bonds is 9. The van der Waals surface area contributed by atoms with Gasteiger partial charge < -0.3 is 10.1 Å². The number of carboxylic acids is 1. The molecular formula is C26H26Cl2N2O2S. The van der Waals surface area contributed by atoms with E-state index in [-0.39, 0.29) is 0 Å². The average Bonchev–Trinajstić information content (AvgIpc) is 3.39. The highest BCUT2D eigenvalue weighted by atomic mass is 35.5. The molecule has 4 aromatic rings. The molecule has 0 bridgehead atoms. The van der Waals surface area contributed by atoms with Crippen LogP contribution in [0.25, 0.3) is 22.2 Å². The molecule has 4 nitrogen and oxygen atoms in total. The normalized spacial score (nSPS) is 12.5. The average molecular weight is 501 g/mol. The lowest BCUT2D eigenvalue weighted by molar-refractivity contribution is -0.141. The van der Waals surface area contributed by atoms with E-state index in [1.807, 2.05) is 36.5 Å². The van der Waals surface area contributed by atoms with Gasteiger partial charge in [0.25, 0.3) is 0 Å². The van der Waals surface area contributed by atoms with Crippen molar-refractivity contribution in [2.75, 3.05) is 0 Å². The van der Waals surface area contributed by atoms with Crippen LogP contribution in [0.3, 0.4) is 0 Å². The maximum atomic E-state index is 12.0. The number of halogens is 2. The van der Waals surface area contributed by atoms with E-state index >= 15 is 0 Å². The molecule has 1 atom stereocenters. The van der Waals surface area contributed by atoms with E-state index in [1.165, 1.54) is 4.88 Å². The van der Waals surface area contributed by atoms with Gasteiger partial charge in [0.2, 0.25) is 0 Å². The van der Waals surface area contributed by atoms with Gasteiger partial charge in [0.1, 0.15) is 0 Å². The Hall–Kier alpha value is -2.34. The lowest BCUT2D eigenvalue weighted by Crippen LogP contribution is -2.17. The Kier molecular flexibility index (Phi) is 7.42. The Bertz CT molecular complexity index is 1280. The van der Waals surface area contributed by atoms with Crippen molar-refractivity contribution in [3.63, 3.8) is 0 Å². The number of carboxylic acid groups (broad SMARTS) is 1. The molecule has 0 aliphatic rings. The maximum absolute atomic E-state index is 12.0. The van der Waals surface area contributed by atoms with Gasteiger partial charge in [-0.2, -0.15) is 0 Å². The number of aromatic amines is 1. The second-order valence-corrected chi connectivity index (χ2v) is 10.8. The maximum Gasteiger partial charge on any atom is 0.306 e. The number of aromatic nitrogens is 2. The summed E-state index contributed by atoms with van der Waals surface area (Å²) in [6.45, 7) is 4.36. The van der Waals surface area contributed by atoms with Gasteiger partial charge in [0.15, 0.2) is 0 Å². The topological polar surface area (TPSA) is 66.0 Å². The van der Waals surface area contributed by atoms with Crippen molar-refractivity contribution in [1.82, 2.24) is 9.97 Å². The number of thiazole rings is 1. The van der Waals surface area contributed by atoms with Crippen LogP contribution in [0.2, 0.25) is 10.0 Å². The second-order valence-electron chi connectivity index (χ2n) is 8.78. The zero-order valence-electron chi connectivity index (χ0n) is 18.6. The van der Waals surface area contributed by atoms with E-state index < -0.39 is 11.9 Å². The van der Waals surface area contributed by atoms with Crippen molar-refractivity contribution in [3.05, 3.63) is 74.2 Å². The molecule has 2 aromatic carbocycles. The van der Waals surface area contributed by atoms with Gasteiger partial charge in [-0.1, -0.05) is 49.2 Å². The Morgan fingerprint density at radius 1 is 1.09 bits per heavy atom. The monoisotopic (exact) mass is 500 g/mol. The van der Waals surface area contributed by atoms with E-state index in [2.05, 4.69) is 24.9 Å². The van der Waals surface area contributed by atoms with E-state index in [0.29, 0.717) is 35.2 Å². The molecule has 2 aromatic heterocycles. The molecule has 4 rings (SSSR count). The number of benzene rings is 2. The highest BCUT2D eigenvalue weighted by Crippen LogP contribution is 2.34. The third-order valence-corrected chi connectivity index (χ3v) is 7.56. The number of H-pyrrole nitrogens is 1. The minimum Gasteiger partial charge on any atom is -0.481 e. The molecule has 0 aliphatic heterocycles. The van der Waals surface area contributed by atoms with Crippen LogP contribution >= 0.6 is 34.5 Å². The fourth-order valence-electron chi connectivity index (χ4n) is 4.01. The van der Waals surface area contributed by atoms with E-state index in [1.54, 1.807) is 17.4 Å². The van der Waals surface area contributed by atoms with Crippen molar-refractivity contribution < 1.29 is 9.90 Å². The van der Waals surface area contributed by atoms with Crippen LogP contribution in [0.5, 0.6) is 0 Å². The lowest BCUT2D eigenvalue weighted by atomic mass is 9.94. The van der Waals surface area contributed by atoms with Gasteiger partial charge in [-0.05, 0) is 66.5 Å². The van der Waals surface area contributed by atoms with Crippen molar-refractivity contribution in [3.8, 4) is 11.3 Å². The number of nitrogens with zero attached hydrogens (tertiary/aromatic N) is 1. The molecule has 0 aliphatic carbocycles. The zero-order valence-corrected chi connectivity index (χ0v) is 20.9. The summed E-state index contributed by atoms with van der Waals surface area (Å²) in [5, 5.41) is 12.9. The smallest absolute Gasteiger partial charge is 0.306 e. The Morgan fingerprint density at radius 2 is 1.91 bits per heavy atom. The first-order valence-electron chi connectivity index (χ1n) is 11.0. The third kappa shape index (κ3) is 5.78. The number of nitrogens with one attached hydrogen (secondary N) is 1. The van der Waals surface area contributed by atoms with Gasteiger partial charge in [0.05, 0.1) is 26.7 Å². The van der Waals surface area contributed by atoms with Crippen molar-refractivity contribution in [2.24, 2.45) is 11.8 Å². The number of aryl methyl sites for hydroxylation is 1. The first-order chi connectivity index (χ1) is 15.8. The van der Waals surface area contributed by atoms with Gasteiger partial charge in [-0.15, -0.1) is 11.3 Å². The molecule has 0 spiro atoms. The first kappa shape index (κ1) is 23.8. The molecule has 0 saturated carbocycles. The van der Waals surface area contributed by atoms with E-state index in [4.69, 9.17) is 28.2 Å². The van der Waals surface area contributed by atoms with Crippen molar-refractivity contribution >= 4 is 51.4 Å². The number of hydrogen-bond acceptors (Lipinski definition) is 3. The van der Waals surface area contributed by atoms with Crippen LogP contribution in [0.15, 0.2) is 48.7 Å². The van der Waals surface area contributed by atoms with Gasteiger partial charge in [-0.3, -0.25) is 4.79 Å². The summed E-state index contributed by atoms with van der Waals surface area (Å²) in [6.07, 6.45) is 4.47. The lowest BCUT2D eigenvalue weighted by Gasteiger charge is -2.12. The van der Waals surface area contributed by atoms with Crippen molar-refractivity contribution in [2.45, 2.75) is 39.5 Å². The SMILES string of the molecule is CC(C)Cc1sc(CCC(Cc2ccc3[nH]ccc3c2)C(=O)O)nc1-c1ccc(Cl)c(Cl)c1. The molecule has 1 unspecified atom stereocenters. The molecule has 172 valence electrons. The first-order valence-corrected chi connectivity index (χ1v) is 12.6. The summed E-state index contributed by atoms with van der Waals surface area (Å²) in [6, 6.07) is 13.7. The van der Waals surface area contributed by atoms with Crippen LogP contribution in [-0.4, -0.2) is 21.0 Å². The fraction of sp³-hybridized carbons (Fsp3) is 0.308. The Morgan fingerprint density at radius 3 is 2.64 bits per heavy atom. The third-order valence-electron chi connectivity index (χ3n) is 5.68. The Balaban J connectivity index is 1.53. The molecule has 0 fully saturated rings. The highest BCUT2D eigenvalue weighted by Gasteiger charge is 2.21. The minimum absolute atomic E-state index is 0.465. The van der Waals surface area contributed by atoms with Crippen molar-refractivity contribution in [1.29, 1.82) is 0 Å². The Labute approximate surface area is 207 Å². The van der Waals surface area contributed by atoms with Gasteiger partial charge in [-0.25, -0.2) is 4.98 Å². The summed E-state index contributed by atoms with van der Waals surface area (Å²) in [4.78, 5) is 21.3. The molecule has 0 amide bonds. The number of carbonyl (C=O) groups is 1. The number of fused-ring (bicyclic) bond motifs is 1. The summed E-state index contributed by atoms with van der Waals surface area (Å²) >= 11 is 14.0. The van der Waals surface area contributed by atoms with Crippen LogP contribution in [0.1, 0.15) is 35.7 Å². The van der Waals surface area contributed by atoms with Gasteiger partial charge in [0, 0.05) is 28.6 Å². The van der Waals surface area contributed by atoms with Gasteiger partial charge >= 0.3 is 5.97 Å². The van der Waals surface area contributed by atoms with Crippen LogP contribution in [0, 0.1) is 11.8 Å². The molecular weight excluding hydrogens is 475 g/mol. The number of hydrogen-bond donors (Lipinski definition) is 2. The highest BCUT2D eigenvalue weighted by molar-refractivity contribution is 7.12. The largest absolute Gasteiger partial charge is 0.481 e. The zero-order chi connectivity index (χ0) is 23.5. The standard InChI is InChI=1S/C26H26Cl2N2O2S/c1-15(2)11-23-25(18-4-6-20(27)21(28)14-18)30-24(33-23)8-5-19(26(31)32)13-16-3-7-22-17(12-16)9-10-29-22/h3-4,6-7,9-10,12,14-15,19,29H,5,8,11,13H2,1-2H3,(H,31,32). The summed E-state index contributed by atoms with van der Waals surface area (Å²) in [5.41, 5.74) is 3.95. The molecule has 0 saturated heterocycles. The quantitative estimate of drug-likeness (QED) is 0.247. The second kappa shape index (κ2) is 10.3. The molecule has 0 radical (unpaired) electrons.